The van der Waals surface area contributed by atoms with Gasteiger partial charge in [-0.2, -0.15) is 0 Å². The summed E-state index contributed by atoms with van der Waals surface area (Å²) in [5.41, 5.74) is 0.718. The van der Waals surface area contributed by atoms with Crippen molar-refractivity contribution in [2.75, 3.05) is 0 Å². The van der Waals surface area contributed by atoms with Crippen molar-refractivity contribution < 1.29 is 4.39 Å². The lowest BCUT2D eigenvalue weighted by Gasteiger charge is -2.10. The van der Waals surface area contributed by atoms with Crippen LogP contribution in [0.25, 0.3) is 0 Å². The quantitative estimate of drug-likeness (QED) is 0.636. The first kappa shape index (κ1) is 8.18. The summed E-state index contributed by atoms with van der Waals surface area (Å²) < 4.78 is 13.2. The van der Waals surface area contributed by atoms with E-state index in [1.165, 1.54) is 0 Å². The van der Waals surface area contributed by atoms with Crippen molar-refractivity contribution in [3.8, 4) is 0 Å². The van der Waals surface area contributed by atoms with Crippen LogP contribution in [0.1, 0.15) is 25.6 Å². The monoisotopic (exact) mass is 153 g/mol. The second-order valence-corrected chi connectivity index (χ2v) is 2.93. The second kappa shape index (κ2) is 3.46. The predicted molar refractivity (Wildman–Crippen MR) is 42.9 cm³/mol. The molecule has 0 aliphatic heterocycles. The number of nitrogens with zero attached hydrogens (tertiary/aromatic N) is 1. The third-order valence-corrected chi connectivity index (χ3v) is 1.61. The lowest BCUT2D eigenvalue weighted by molar-refractivity contribution is 0.261. The number of rotatable bonds is 2. The van der Waals surface area contributed by atoms with Crippen LogP contribution in [-0.2, 0) is 0 Å². The maximum Gasteiger partial charge on any atom is 0.128 e. The number of hydrogen-bond donors (Lipinski definition) is 0. The Hall–Kier alpha value is -0.920. The Balaban J connectivity index is 2.77. The van der Waals surface area contributed by atoms with E-state index < -0.39 is 6.17 Å². The molecule has 1 nitrogen and oxygen atoms in total. The van der Waals surface area contributed by atoms with Crippen LogP contribution in [0.4, 0.5) is 4.39 Å². The average molecular weight is 153 g/mol. The van der Waals surface area contributed by atoms with E-state index in [4.69, 9.17) is 0 Å². The van der Waals surface area contributed by atoms with E-state index in [0.717, 1.165) is 5.56 Å². The largest absolute Gasteiger partial charge is 0.265 e. The van der Waals surface area contributed by atoms with E-state index in [1.54, 1.807) is 24.5 Å². The lowest BCUT2D eigenvalue weighted by Crippen LogP contribution is -1.99. The summed E-state index contributed by atoms with van der Waals surface area (Å²) in [5.74, 6) is 0.0393. The van der Waals surface area contributed by atoms with Crippen molar-refractivity contribution >= 4 is 0 Å². The van der Waals surface area contributed by atoms with Gasteiger partial charge >= 0.3 is 0 Å². The SMILES string of the molecule is CC(C)[C@@H](F)c1ccncc1. The van der Waals surface area contributed by atoms with Gasteiger partial charge in [0.05, 0.1) is 0 Å². The van der Waals surface area contributed by atoms with Crippen molar-refractivity contribution in [3.63, 3.8) is 0 Å². The molecule has 0 unspecified atom stereocenters. The summed E-state index contributed by atoms with van der Waals surface area (Å²) in [6, 6.07) is 3.43. The molecule has 0 spiro atoms. The van der Waals surface area contributed by atoms with Gasteiger partial charge in [-0.1, -0.05) is 13.8 Å². The van der Waals surface area contributed by atoms with Crippen LogP contribution < -0.4 is 0 Å². The highest BCUT2D eigenvalue weighted by atomic mass is 19.1. The van der Waals surface area contributed by atoms with Crippen LogP contribution in [0.2, 0.25) is 0 Å². The van der Waals surface area contributed by atoms with Crippen LogP contribution >= 0.6 is 0 Å². The van der Waals surface area contributed by atoms with Crippen LogP contribution in [0.5, 0.6) is 0 Å². The molecular weight excluding hydrogens is 141 g/mol. The zero-order valence-corrected chi connectivity index (χ0v) is 6.79. The smallest absolute Gasteiger partial charge is 0.128 e. The maximum absolute atomic E-state index is 13.2. The van der Waals surface area contributed by atoms with Gasteiger partial charge < -0.3 is 0 Å². The fraction of sp³-hybridized carbons (Fsp3) is 0.444. The number of alkyl halides is 1. The first-order valence-electron chi connectivity index (χ1n) is 3.76. The van der Waals surface area contributed by atoms with Crippen molar-refractivity contribution in [1.82, 2.24) is 4.98 Å². The minimum absolute atomic E-state index is 0.0393. The highest BCUT2D eigenvalue weighted by molar-refractivity contribution is 5.13. The fourth-order valence-corrected chi connectivity index (χ4v) is 0.932. The minimum Gasteiger partial charge on any atom is -0.265 e. The molecule has 0 amide bonds. The zero-order valence-electron chi connectivity index (χ0n) is 6.79. The molecule has 0 radical (unpaired) electrons. The molecule has 1 heterocycles. The van der Waals surface area contributed by atoms with Gasteiger partial charge in [-0.15, -0.1) is 0 Å². The van der Waals surface area contributed by atoms with Crippen molar-refractivity contribution in [2.24, 2.45) is 5.92 Å². The molecule has 11 heavy (non-hydrogen) atoms. The van der Waals surface area contributed by atoms with Gasteiger partial charge in [0.25, 0.3) is 0 Å². The molecule has 0 fully saturated rings. The molecule has 1 aromatic heterocycles. The van der Waals surface area contributed by atoms with Crippen molar-refractivity contribution in [2.45, 2.75) is 20.0 Å². The number of aromatic nitrogens is 1. The van der Waals surface area contributed by atoms with Gasteiger partial charge in [0.1, 0.15) is 6.17 Å². The van der Waals surface area contributed by atoms with E-state index in [-0.39, 0.29) is 5.92 Å². The second-order valence-electron chi connectivity index (χ2n) is 2.93. The Morgan fingerprint density at radius 2 is 1.82 bits per heavy atom. The zero-order chi connectivity index (χ0) is 8.27. The highest BCUT2D eigenvalue weighted by Crippen LogP contribution is 2.24. The maximum atomic E-state index is 13.2. The molecule has 0 aliphatic carbocycles. The standard InChI is InChI=1S/C9H12FN/c1-7(2)9(10)8-3-5-11-6-4-8/h3-7,9H,1-2H3/t9-/m1/s1. The Bertz CT molecular complexity index is 208. The third-order valence-electron chi connectivity index (χ3n) is 1.61. The number of halogens is 1. The number of pyridine rings is 1. The van der Waals surface area contributed by atoms with Gasteiger partial charge in [0, 0.05) is 12.4 Å². The Morgan fingerprint density at radius 3 is 2.27 bits per heavy atom. The van der Waals surface area contributed by atoms with Crippen LogP contribution in [0, 0.1) is 5.92 Å². The summed E-state index contributed by atoms with van der Waals surface area (Å²) in [6.07, 6.45) is 2.37. The number of hydrogen-bond acceptors (Lipinski definition) is 1. The van der Waals surface area contributed by atoms with E-state index in [2.05, 4.69) is 4.98 Å². The van der Waals surface area contributed by atoms with Crippen molar-refractivity contribution in [3.05, 3.63) is 30.1 Å². The van der Waals surface area contributed by atoms with Crippen molar-refractivity contribution in [1.29, 1.82) is 0 Å². The van der Waals surface area contributed by atoms with Gasteiger partial charge in [-0.05, 0) is 23.6 Å². The van der Waals surface area contributed by atoms with E-state index >= 15 is 0 Å². The van der Waals surface area contributed by atoms with Gasteiger partial charge in [-0.25, -0.2) is 4.39 Å². The molecule has 0 N–H and O–H groups in total. The molecular formula is C9H12FN. The van der Waals surface area contributed by atoms with Crippen LogP contribution in [0.15, 0.2) is 24.5 Å². The molecule has 0 aliphatic rings. The minimum atomic E-state index is -0.863. The Labute approximate surface area is 66.3 Å². The van der Waals surface area contributed by atoms with Gasteiger partial charge in [-0.3, -0.25) is 4.98 Å². The molecule has 60 valence electrons. The summed E-state index contributed by atoms with van der Waals surface area (Å²) >= 11 is 0. The molecule has 0 saturated heterocycles. The summed E-state index contributed by atoms with van der Waals surface area (Å²) in [5, 5.41) is 0. The van der Waals surface area contributed by atoms with Gasteiger partial charge in [0.2, 0.25) is 0 Å². The topological polar surface area (TPSA) is 12.9 Å². The van der Waals surface area contributed by atoms with Crippen LogP contribution in [0.3, 0.4) is 0 Å². The lowest BCUT2D eigenvalue weighted by atomic mass is 10.0. The first-order chi connectivity index (χ1) is 5.22. The molecule has 1 aromatic rings. The average Bonchev–Trinajstić information content (AvgIpc) is 2.05. The first-order valence-corrected chi connectivity index (χ1v) is 3.76. The molecule has 0 bridgehead atoms. The molecule has 0 aromatic carbocycles. The summed E-state index contributed by atoms with van der Waals surface area (Å²) in [6.45, 7) is 3.73. The Morgan fingerprint density at radius 1 is 1.27 bits per heavy atom. The van der Waals surface area contributed by atoms with Gasteiger partial charge in [0.15, 0.2) is 0 Å². The summed E-state index contributed by atoms with van der Waals surface area (Å²) in [4.78, 5) is 3.82. The normalized spacial score (nSPS) is 13.5. The molecule has 1 rings (SSSR count). The van der Waals surface area contributed by atoms with E-state index in [0.29, 0.717) is 0 Å². The van der Waals surface area contributed by atoms with E-state index in [9.17, 15) is 4.39 Å². The highest BCUT2D eigenvalue weighted by Gasteiger charge is 2.12. The predicted octanol–water partition coefficient (Wildman–Crippen LogP) is 2.75. The molecule has 2 heteroatoms. The summed E-state index contributed by atoms with van der Waals surface area (Å²) in [7, 11) is 0. The third kappa shape index (κ3) is 2.00. The van der Waals surface area contributed by atoms with Crippen LogP contribution in [-0.4, -0.2) is 4.98 Å². The molecule has 0 saturated carbocycles. The fourth-order valence-electron chi connectivity index (χ4n) is 0.932. The van der Waals surface area contributed by atoms with E-state index in [1.807, 2.05) is 13.8 Å². The Kier molecular flexibility index (Phi) is 2.58. The molecule has 1 atom stereocenters.